The second kappa shape index (κ2) is 12.5. The molecular formula is C32H57N2O5S-. The van der Waals surface area contributed by atoms with Crippen molar-refractivity contribution in [3.8, 4) is 0 Å². The lowest BCUT2D eigenvalue weighted by Gasteiger charge is -2.63. The molecule has 4 saturated carbocycles. The molecule has 0 spiro atoms. The van der Waals surface area contributed by atoms with Gasteiger partial charge in [-0.2, -0.15) is 0 Å². The number of hydrogen-bond acceptors (Lipinski definition) is 6. The number of aliphatic hydroxyl groups is 1. The van der Waals surface area contributed by atoms with Gasteiger partial charge in [0.15, 0.2) is 0 Å². The van der Waals surface area contributed by atoms with Crippen LogP contribution in [-0.4, -0.2) is 79.4 Å². The van der Waals surface area contributed by atoms with Crippen LogP contribution in [0.15, 0.2) is 0 Å². The summed E-state index contributed by atoms with van der Waals surface area (Å²) in [5.41, 5.74) is 0.689. The van der Waals surface area contributed by atoms with Crippen molar-refractivity contribution in [2.24, 2.45) is 52.3 Å². The highest BCUT2D eigenvalue weighted by Gasteiger charge is 2.62. The highest BCUT2D eigenvalue weighted by Crippen LogP contribution is 2.69. The number of rotatable bonds is 11. The smallest absolute Gasteiger partial charge is 0.222 e. The maximum atomic E-state index is 13.2. The van der Waals surface area contributed by atoms with Crippen LogP contribution in [0.2, 0.25) is 0 Å². The molecule has 8 heteroatoms. The molecule has 1 N–H and O–H groups in total. The molecule has 40 heavy (non-hydrogen) atoms. The Morgan fingerprint density at radius 2 is 1.65 bits per heavy atom. The van der Waals surface area contributed by atoms with Gasteiger partial charge in [0.25, 0.3) is 0 Å². The van der Waals surface area contributed by atoms with Crippen molar-refractivity contribution >= 4 is 16.0 Å². The molecule has 0 radical (unpaired) electrons. The molecule has 7 nitrogen and oxygen atoms in total. The number of likely N-dealkylation sites (N-methyl/N-ethyl adjacent to an activating group) is 1. The Morgan fingerprint density at radius 3 is 2.30 bits per heavy atom. The van der Waals surface area contributed by atoms with Crippen molar-refractivity contribution in [3.05, 3.63) is 0 Å². The van der Waals surface area contributed by atoms with E-state index in [1.54, 1.807) is 4.90 Å². The van der Waals surface area contributed by atoms with Gasteiger partial charge < -0.3 is 19.5 Å². The fourth-order valence-electron chi connectivity index (χ4n) is 10.5. The second-order valence-electron chi connectivity index (χ2n) is 15.0. The van der Waals surface area contributed by atoms with Crippen LogP contribution in [0.4, 0.5) is 0 Å². The predicted octanol–water partition coefficient (Wildman–Crippen LogP) is 4.99. The molecule has 0 bridgehead atoms. The van der Waals surface area contributed by atoms with Crippen molar-refractivity contribution in [3.63, 3.8) is 0 Å². The van der Waals surface area contributed by atoms with E-state index >= 15 is 0 Å². The Balaban J connectivity index is 1.41. The fraction of sp³-hybridized carbons (Fsp3) is 0.969. The summed E-state index contributed by atoms with van der Waals surface area (Å²) < 4.78 is 33.7. The van der Waals surface area contributed by atoms with Gasteiger partial charge in [-0.1, -0.05) is 34.1 Å². The first-order chi connectivity index (χ1) is 18.7. The van der Waals surface area contributed by atoms with E-state index in [4.69, 9.17) is 0 Å². The number of fused-ring (bicyclic) bond motifs is 5. The van der Waals surface area contributed by atoms with Gasteiger partial charge in [0.1, 0.15) is 0 Å². The van der Waals surface area contributed by atoms with Gasteiger partial charge in [-0.05, 0) is 124 Å². The summed E-state index contributed by atoms with van der Waals surface area (Å²) in [6, 6.07) is 0. The topological polar surface area (TPSA) is 101 Å². The van der Waals surface area contributed by atoms with Gasteiger partial charge in [-0.3, -0.25) is 4.79 Å². The molecule has 4 fully saturated rings. The normalized spacial score (nSPS) is 40.3. The number of aliphatic hydroxyl groups excluding tert-OH is 1. The van der Waals surface area contributed by atoms with Crippen molar-refractivity contribution in [1.29, 1.82) is 0 Å². The van der Waals surface area contributed by atoms with Crippen LogP contribution in [-0.2, 0) is 14.9 Å². The Morgan fingerprint density at radius 1 is 0.975 bits per heavy atom. The van der Waals surface area contributed by atoms with E-state index in [0.717, 1.165) is 42.9 Å². The molecular weight excluding hydrogens is 524 g/mol. The van der Waals surface area contributed by atoms with Crippen molar-refractivity contribution in [2.75, 3.05) is 39.5 Å². The van der Waals surface area contributed by atoms with Gasteiger partial charge in [0.05, 0.1) is 22.0 Å². The summed E-state index contributed by atoms with van der Waals surface area (Å²) in [5, 5.41) is 10.5. The summed E-state index contributed by atoms with van der Waals surface area (Å²) in [6.45, 7) is 10.9. The summed E-state index contributed by atoms with van der Waals surface area (Å²) in [7, 11) is -0.508. The first-order valence-electron chi connectivity index (χ1n) is 16.2. The van der Waals surface area contributed by atoms with Crippen LogP contribution >= 0.6 is 0 Å². The Bertz CT molecular complexity index is 988. The third kappa shape index (κ3) is 6.60. The third-order valence-corrected chi connectivity index (χ3v) is 13.4. The van der Waals surface area contributed by atoms with Gasteiger partial charge >= 0.3 is 0 Å². The molecule has 0 aliphatic heterocycles. The molecule has 0 saturated heterocycles. The molecule has 0 aromatic heterocycles. The molecule has 4 aliphatic carbocycles. The standard InChI is InChI=1S/C32H58N2O5S/c1-7-23-20-25-27-10-9-26(31(27,3)15-13-28(25)32(4)14-12-24(35)21-29(23)32)22(2)8-11-30(36)34(17-16-33(5)6)18-19-40(37,38)39/h22-29,35H,7-21H2,1-6H3,(H,37,38,39)/p-1/t22-,23+,24-,25+,26-,27+,28+,29+,31-,32-/m1/s1. The lowest BCUT2D eigenvalue weighted by Crippen LogP contribution is -2.56. The lowest BCUT2D eigenvalue weighted by molar-refractivity contribution is -0.152. The molecule has 0 heterocycles. The maximum absolute atomic E-state index is 13.2. The number of amides is 1. The molecule has 4 rings (SSSR count). The van der Waals surface area contributed by atoms with E-state index in [9.17, 15) is 22.9 Å². The number of hydrogen-bond donors (Lipinski definition) is 1. The van der Waals surface area contributed by atoms with Crippen LogP contribution in [0.25, 0.3) is 0 Å². The van der Waals surface area contributed by atoms with E-state index in [1.165, 1.54) is 44.9 Å². The zero-order chi connectivity index (χ0) is 29.5. The molecule has 4 aliphatic rings. The molecule has 10 atom stereocenters. The third-order valence-electron chi connectivity index (χ3n) is 12.7. The van der Waals surface area contributed by atoms with Gasteiger partial charge in [-0.25, -0.2) is 8.42 Å². The summed E-state index contributed by atoms with van der Waals surface area (Å²) >= 11 is 0. The fourth-order valence-corrected chi connectivity index (χ4v) is 11.0. The van der Waals surface area contributed by atoms with Gasteiger partial charge in [-0.15, -0.1) is 0 Å². The second-order valence-corrected chi connectivity index (χ2v) is 16.5. The summed E-state index contributed by atoms with van der Waals surface area (Å²) in [4.78, 5) is 16.7. The van der Waals surface area contributed by atoms with Gasteiger partial charge in [0.2, 0.25) is 5.91 Å². The Hall–Kier alpha value is -0.700. The van der Waals surface area contributed by atoms with E-state index in [-0.39, 0.29) is 18.6 Å². The molecule has 0 unspecified atom stereocenters. The van der Waals surface area contributed by atoms with E-state index in [0.29, 0.717) is 48.1 Å². The monoisotopic (exact) mass is 581 g/mol. The minimum absolute atomic E-state index is 0.0193. The van der Waals surface area contributed by atoms with Crippen LogP contribution in [0, 0.1) is 52.3 Å². The number of carbonyl (C=O) groups excluding carboxylic acids is 1. The molecule has 0 aromatic carbocycles. The first-order valence-corrected chi connectivity index (χ1v) is 17.8. The zero-order valence-corrected chi connectivity index (χ0v) is 26.9. The number of carbonyl (C=O) groups is 1. The Labute approximate surface area is 244 Å². The van der Waals surface area contributed by atoms with Crippen LogP contribution in [0.5, 0.6) is 0 Å². The largest absolute Gasteiger partial charge is 0.748 e. The predicted molar refractivity (Wildman–Crippen MR) is 158 cm³/mol. The average molecular weight is 582 g/mol. The maximum Gasteiger partial charge on any atom is 0.222 e. The highest BCUT2D eigenvalue weighted by atomic mass is 32.2. The van der Waals surface area contributed by atoms with Crippen LogP contribution < -0.4 is 0 Å². The van der Waals surface area contributed by atoms with E-state index < -0.39 is 15.9 Å². The lowest BCUT2D eigenvalue weighted by atomic mass is 9.42. The van der Waals surface area contributed by atoms with Crippen molar-refractivity contribution < 1.29 is 22.9 Å². The first kappa shape index (κ1) is 32.2. The molecule has 0 aromatic rings. The van der Waals surface area contributed by atoms with Crippen LogP contribution in [0.1, 0.15) is 98.3 Å². The summed E-state index contributed by atoms with van der Waals surface area (Å²) in [6.07, 6.45) is 12.0. The minimum atomic E-state index is -4.36. The minimum Gasteiger partial charge on any atom is -0.748 e. The van der Waals surface area contributed by atoms with Crippen molar-refractivity contribution in [2.45, 2.75) is 104 Å². The van der Waals surface area contributed by atoms with E-state index in [2.05, 4.69) is 27.7 Å². The molecule has 232 valence electrons. The van der Waals surface area contributed by atoms with Crippen molar-refractivity contribution in [1.82, 2.24) is 9.80 Å². The number of nitrogens with zero attached hydrogens (tertiary/aromatic N) is 2. The Kier molecular flexibility index (Phi) is 10.1. The average Bonchev–Trinajstić information content (AvgIpc) is 3.23. The quantitative estimate of drug-likeness (QED) is 0.345. The zero-order valence-electron chi connectivity index (χ0n) is 26.1. The summed E-state index contributed by atoms with van der Waals surface area (Å²) in [5.74, 6) is 4.22. The van der Waals surface area contributed by atoms with Gasteiger partial charge in [0, 0.05) is 26.1 Å². The molecule has 1 amide bonds. The van der Waals surface area contributed by atoms with E-state index in [1.807, 2.05) is 19.0 Å². The van der Waals surface area contributed by atoms with Crippen LogP contribution in [0.3, 0.4) is 0 Å². The highest BCUT2D eigenvalue weighted by molar-refractivity contribution is 7.85. The SMILES string of the molecule is CC[C@H]1C[C@@H]2[C@H](CC[C@]3(C)[C@@H]([C@H](C)CCC(=O)N(CCN(C)C)CCS(=O)(=O)[O-])CC[C@@H]23)[C@@]2(C)CC[C@@H](O)C[C@@H]12.